The third kappa shape index (κ3) is 0.821. The SMILES string of the molecule is C1=C2NCNC2NCC1. The highest BCUT2D eigenvalue weighted by molar-refractivity contribution is 5.14. The molecule has 0 aromatic heterocycles. The van der Waals surface area contributed by atoms with Crippen molar-refractivity contribution in [3.8, 4) is 0 Å². The predicted molar refractivity (Wildman–Crippen MR) is 35.6 cm³/mol. The largest absolute Gasteiger partial charge is 0.374 e. The van der Waals surface area contributed by atoms with Crippen molar-refractivity contribution in [2.24, 2.45) is 0 Å². The Morgan fingerprint density at radius 2 is 2.44 bits per heavy atom. The summed E-state index contributed by atoms with van der Waals surface area (Å²) in [6, 6.07) is 0. The molecule has 1 fully saturated rings. The molecule has 1 atom stereocenters. The van der Waals surface area contributed by atoms with Gasteiger partial charge >= 0.3 is 0 Å². The van der Waals surface area contributed by atoms with Crippen molar-refractivity contribution in [3.63, 3.8) is 0 Å². The zero-order valence-corrected chi connectivity index (χ0v) is 5.28. The molecule has 0 saturated carbocycles. The minimum absolute atomic E-state index is 0.416. The maximum Gasteiger partial charge on any atom is 0.0995 e. The average molecular weight is 125 g/mol. The fourth-order valence-electron chi connectivity index (χ4n) is 1.29. The lowest BCUT2D eigenvalue weighted by molar-refractivity contribution is 0.519. The van der Waals surface area contributed by atoms with Crippen LogP contribution in [0.1, 0.15) is 6.42 Å². The number of rotatable bonds is 0. The Labute approximate surface area is 54.5 Å². The van der Waals surface area contributed by atoms with Gasteiger partial charge in [-0.1, -0.05) is 6.08 Å². The summed E-state index contributed by atoms with van der Waals surface area (Å²) in [7, 11) is 0. The summed E-state index contributed by atoms with van der Waals surface area (Å²) in [4.78, 5) is 0. The molecule has 0 radical (unpaired) electrons. The molecule has 0 amide bonds. The molecule has 9 heavy (non-hydrogen) atoms. The first-order valence-corrected chi connectivity index (χ1v) is 3.37. The van der Waals surface area contributed by atoms with E-state index in [0.29, 0.717) is 6.17 Å². The fourth-order valence-corrected chi connectivity index (χ4v) is 1.29. The quantitative estimate of drug-likeness (QED) is 0.402. The van der Waals surface area contributed by atoms with Crippen LogP contribution in [0.3, 0.4) is 0 Å². The molecule has 0 aromatic carbocycles. The average Bonchev–Trinajstić information content (AvgIpc) is 2.33. The van der Waals surface area contributed by atoms with E-state index in [1.165, 1.54) is 5.70 Å². The second kappa shape index (κ2) is 2.01. The lowest BCUT2D eigenvalue weighted by Crippen LogP contribution is -2.40. The maximum atomic E-state index is 3.34. The highest BCUT2D eigenvalue weighted by Gasteiger charge is 2.20. The number of fused-ring (bicyclic) bond motifs is 1. The summed E-state index contributed by atoms with van der Waals surface area (Å²) in [5.41, 5.74) is 1.32. The molecular formula is C6H11N3. The minimum Gasteiger partial charge on any atom is -0.374 e. The van der Waals surface area contributed by atoms with Crippen LogP contribution in [0, 0.1) is 0 Å². The topological polar surface area (TPSA) is 36.1 Å². The maximum absolute atomic E-state index is 3.34. The third-order valence-electron chi connectivity index (χ3n) is 1.77. The standard InChI is InChI=1S/C6H11N3/c1-2-5-6(7-3-1)9-4-8-5/h2,6-9H,1,3-4H2. The number of hydrogen-bond acceptors (Lipinski definition) is 3. The molecular weight excluding hydrogens is 114 g/mol. The van der Waals surface area contributed by atoms with Crippen molar-refractivity contribution in [2.45, 2.75) is 12.6 Å². The van der Waals surface area contributed by atoms with Crippen LogP contribution < -0.4 is 16.0 Å². The van der Waals surface area contributed by atoms with Gasteiger partial charge in [0.15, 0.2) is 0 Å². The summed E-state index contributed by atoms with van der Waals surface area (Å²) in [5.74, 6) is 0. The van der Waals surface area contributed by atoms with Crippen molar-refractivity contribution in [3.05, 3.63) is 11.8 Å². The van der Waals surface area contributed by atoms with Crippen molar-refractivity contribution >= 4 is 0 Å². The Morgan fingerprint density at radius 1 is 1.44 bits per heavy atom. The molecule has 3 heteroatoms. The molecule has 2 aliphatic rings. The van der Waals surface area contributed by atoms with Crippen LogP contribution in [0.5, 0.6) is 0 Å². The van der Waals surface area contributed by atoms with E-state index in [-0.39, 0.29) is 0 Å². The zero-order valence-electron chi connectivity index (χ0n) is 5.28. The zero-order chi connectivity index (χ0) is 6.10. The summed E-state index contributed by atoms with van der Waals surface area (Å²) in [6.07, 6.45) is 3.82. The van der Waals surface area contributed by atoms with Crippen LogP contribution >= 0.6 is 0 Å². The Bertz CT molecular complexity index is 141. The molecule has 2 rings (SSSR count). The Hall–Kier alpha value is -0.540. The van der Waals surface area contributed by atoms with E-state index >= 15 is 0 Å². The Balaban J connectivity index is 2.16. The van der Waals surface area contributed by atoms with Crippen LogP contribution in [0.2, 0.25) is 0 Å². The molecule has 0 aromatic rings. The van der Waals surface area contributed by atoms with Gasteiger partial charge in [-0.05, 0) is 6.42 Å². The van der Waals surface area contributed by atoms with Crippen LogP contribution in [0.15, 0.2) is 11.8 Å². The lowest BCUT2D eigenvalue weighted by atomic mass is 10.2. The molecule has 3 nitrogen and oxygen atoms in total. The van der Waals surface area contributed by atoms with E-state index in [1.54, 1.807) is 0 Å². The van der Waals surface area contributed by atoms with Gasteiger partial charge < -0.3 is 5.32 Å². The van der Waals surface area contributed by atoms with E-state index in [0.717, 1.165) is 19.6 Å². The van der Waals surface area contributed by atoms with Gasteiger partial charge in [0, 0.05) is 12.2 Å². The van der Waals surface area contributed by atoms with Gasteiger partial charge in [-0.2, -0.15) is 0 Å². The van der Waals surface area contributed by atoms with Crippen LogP contribution in [0.4, 0.5) is 0 Å². The second-order valence-electron chi connectivity index (χ2n) is 2.39. The first-order valence-electron chi connectivity index (χ1n) is 3.37. The third-order valence-corrected chi connectivity index (χ3v) is 1.77. The van der Waals surface area contributed by atoms with Gasteiger partial charge in [0.2, 0.25) is 0 Å². The molecule has 1 saturated heterocycles. The summed E-state index contributed by atoms with van der Waals surface area (Å²) >= 11 is 0. The van der Waals surface area contributed by atoms with Crippen molar-refractivity contribution < 1.29 is 0 Å². The molecule has 0 bridgehead atoms. The van der Waals surface area contributed by atoms with Crippen molar-refractivity contribution in [1.82, 2.24) is 16.0 Å². The van der Waals surface area contributed by atoms with Gasteiger partial charge in [-0.3, -0.25) is 10.6 Å². The highest BCUT2D eigenvalue weighted by Crippen LogP contribution is 2.06. The van der Waals surface area contributed by atoms with E-state index in [4.69, 9.17) is 0 Å². The first-order chi connectivity index (χ1) is 4.47. The Morgan fingerprint density at radius 3 is 3.33 bits per heavy atom. The van der Waals surface area contributed by atoms with Gasteiger partial charge in [0.1, 0.15) is 0 Å². The van der Waals surface area contributed by atoms with Crippen molar-refractivity contribution in [2.75, 3.05) is 13.2 Å². The summed E-state index contributed by atoms with van der Waals surface area (Å²) < 4.78 is 0. The summed E-state index contributed by atoms with van der Waals surface area (Å²) in [5, 5.41) is 9.85. The lowest BCUT2D eigenvalue weighted by Gasteiger charge is -2.17. The van der Waals surface area contributed by atoms with Gasteiger partial charge in [-0.15, -0.1) is 0 Å². The number of nitrogens with one attached hydrogen (secondary N) is 3. The predicted octanol–water partition coefficient (Wildman–Crippen LogP) is -0.660. The molecule has 2 heterocycles. The molecule has 0 aliphatic carbocycles. The summed E-state index contributed by atoms with van der Waals surface area (Å²) in [6.45, 7) is 2.01. The molecule has 50 valence electrons. The normalized spacial score (nSPS) is 32.9. The number of hydrogen-bond donors (Lipinski definition) is 3. The first kappa shape index (κ1) is 5.26. The molecule has 0 spiro atoms. The highest BCUT2D eigenvalue weighted by atomic mass is 15.3. The van der Waals surface area contributed by atoms with Gasteiger partial charge in [-0.25, -0.2) is 0 Å². The van der Waals surface area contributed by atoms with Gasteiger partial charge in [0.05, 0.1) is 12.8 Å². The van der Waals surface area contributed by atoms with Crippen LogP contribution in [-0.4, -0.2) is 19.4 Å². The monoisotopic (exact) mass is 125 g/mol. The van der Waals surface area contributed by atoms with E-state index in [2.05, 4.69) is 22.0 Å². The fraction of sp³-hybridized carbons (Fsp3) is 0.667. The molecule has 2 aliphatic heterocycles. The Kier molecular flexibility index (Phi) is 1.17. The van der Waals surface area contributed by atoms with E-state index in [9.17, 15) is 0 Å². The van der Waals surface area contributed by atoms with Crippen molar-refractivity contribution in [1.29, 1.82) is 0 Å². The van der Waals surface area contributed by atoms with Crippen LogP contribution in [0.25, 0.3) is 0 Å². The van der Waals surface area contributed by atoms with E-state index in [1.807, 2.05) is 0 Å². The van der Waals surface area contributed by atoms with Crippen LogP contribution in [-0.2, 0) is 0 Å². The smallest absolute Gasteiger partial charge is 0.0995 e. The van der Waals surface area contributed by atoms with Gasteiger partial charge in [0.25, 0.3) is 0 Å². The minimum atomic E-state index is 0.416. The second-order valence-corrected chi connectivity index (χ2v) is 2.39. The molecule has 3 N–H and O–H groups in total. The van der Waals surface area contributed by atoms with E-state index < -0.39 is 0 Å². The molecule has 1 unspecified atom stereocenters.